The fraction of sp³-hybridized carbons (Fsp3) is 0.500. The van der Waals surface area contributed by atoms with Crippen LogP contribution in [0.5, 0.6) is 0 Å². The first kappa shape index (κ1) is 17.7. The second-order valence-electron chi connectivity index (χ2n) is 5.46. The minimum atomic E-state index is -0.261. The molecule has 0 atom stereocenters. The molecule has 3 N–H and O–H groups in total. The lowest BCUT2D eigenvalue weighted by atomic mass is 9.97. The highest BCUT2D eigenvalue weighted by Gasteiger charge is 2.21. The molecule has 2 rings (SSSR count). The summed E-state index contributed by atoms with van der Waals surface area (Å²) in [5.41, 5.74) is 0.981. The summed E-state index contributed by atoms with van der Waals surface area (Å²) >= 11 is 6.15. The number of anilines is 1. The number of rotatable bonds is 6. The zero-order valence-corrected chi connectivity index (χ0v) is 13.9. The lowest BCUT2D eigenvalue weighted by Gasteiger charge is -2.21. The average molecular weight is 340 g/mol. The second-order valence-corrected chi connectivity index (χ2v) is 5.86. The summed E-state index contributed by atoms with van der Waals surface area (Å²) in [6, 6.07) is 4.91. The molecule has 1 aromatic rings. The molecule has 1 saturated heterocycles. The van der Waals surface area contributed by atoms with Crippen molar-refractivity contribution in [2.75, 3.05) is 38.7 Å². The lowest BCUT2D eigenvalue weighted by Crippen LogP contribution is -2.34. The number of carbonyl (C=O) groups excluding carboxylic acids is 2. The Labute approximate surface area is 140 Å². The Hall–Kier alpha value is -1.63. The van der Waals surface area contributed by atoms with Gasteiger partial charge in [0.25, 0.3) is 5.91 Å². The Balaban J connectivity index is 1.95. The molecule has 6 nitrogen and oxygen atoms in total. The summed E-state index contributed by atoms with van der Waals surface area (Å²) in [6.07, 6.45) is 1.67. The van der Waals surface area contributed by atoms with E-state index in [4.69, 9.17) is 16.3 Å². The first-order valence-corrected chi connectivity index (χ1v) is 8.08. The molecule has 0 unspecified atom stereocenters. The van der Waals surface area contributed by atoms with Crippen LogP contribution in [-0.4, -0.2) is 45.2 Å². The highest BCUT2D eigenvalue weighted by molar-refractivity contribution is 6.34. The third-order valence-electron chi connectivity index (χ3n) is 3.78. The molecule has 0 bridgehead atoms. The van der Waals surface area contributed by atoms with Gasteiger partial charge in [-0.05, 0) is 44.1 Å². The van der Waals surface area contributed by atoms with Gasteiger partial charge in [0.1, 0.15) is 0 Å². The monoisotopic (exact) mass is 339 g/mol. The molecule has 7 heteroatoms. The maximum Gasteiger partial charge on any atom is 0.252 e. The average Bonchev–Trinajstić information content (AvgIpc) is 2.56. The van der Waals surface area contributed by atoms with Crippen molar-refractivity contribution in [2.45, 2.75) is 12.8 Å². The van der Waals surface area contributed by atoms with E-state index in [1.807, 2.05) is 0 Å². The third-order valence-corrected chi connectivity index (χ3v) is 4.10. The molecule has 0 saturated carbocycles. The van der Waals surface area contributed by atoms with Gasteiger partial charge in [0.2, 0.25) is 5.91 Å². The van der Waals surface area contributed by atoms with Crippen LogP contribution in [0.4, 0.5) is 5.69 Å². The fourth-order valence-corrected chi connectivity index (χ4v) is 2.73. The quantitative estimate of drug-likeness (QED) is 0.689. The van der Waals surface area contributed by atoms with E-state index in [1.54, 1.807) is 25.3 Å². The van der Waals surface area contributed by atoms with Crippen LogP contribution in [-0.2, 0) is 9.53 Å². The summed E-state index contributed by atoms with van der Waals surface area (Å²) in [4.78, 5) is 24.2. The van der Waals surface area contributed by atoms with Crippen LogP contribution in [0.1, 0.15) is 23.2 Å². The van der Waals surface area contributed by atoms with Crippen molar-refractivity contribution in [2.24, 2.45) is 5.92 Å². The van der Waals surface area contributed by atoms with Crippen molar-refractivity contribution in [3.8, 4) is 0 Å². The Morgan fingerprint density at radius 1 is 1.35 bits per heavy atom. The van der Waals surface area contributed by atoms with Gasteiger partial charge < -0.3 is 20.7 Å². The van der Waals surface area contributed by atoms with Crippen molar-refractivity contribution >= 4 is 29.1 Å². The molecule has 1 aliphatic heterocycles. The smallest absolute Gasteiger partial charge is 0.252 e. The van der Waals surface area contributed by atoms with Crippen molar-refractivity contribution in [1.29, 1.82) is 0 Å². The summed E-state index contributed by atoms with van der Waals surface area (Å²) in [7, 11) is 1.57. The highest BCUT2D eigenvalue weighted by atomic mass is 35.5. The van der Waals surface area contributed by atoms with Gasteiger partial charge in [0.15, 0.2) is 0 Å². The van der Waals surface area contributed by atoms with Crippen molar-refractivity contribution in [3.05, 3.63) is 28.8 Å². The number of halogens is 1. The van der Waals surface area contributed by atoms with Crippen LogP contribution in [0, 0.1) is 5.92 Å². The molecular formula is C16H22ClN3O3. The van der Waals surface area contributed by atoms with Gasteiger partial charge >= 0.3 is 0 Å². The highest BCUT2D eigenvalue weighted by Crippen LogP contribution is 2.22. The fourth-order valence-electron chi connectivity index (χ4n) is 2.47. The van der Waals surface area contributed by atoms with Crippen LogP contribution in [0.25, 0.3) is 0 Å². The van der Waals surface area contributed by atoms with E-state index >= 15 is 0 Å². The molecule has 1 aliphatic rings. The molecule has 1 heterocycles. The molecule has 126 valence electrons. The van der Waals surface area contributed by atoms with Gasteiger partial charge in [-0.2, -0.15) is 0 Å². The number of methoxy groups -OCH3 is 1. The molecule has 0 aromatic heterocycles. The SMILES string of the molecule is COCCNC(=O)c1ccc(NC(=O)C2CCNCC2)cc1Cl. The van der Waals surface area contributed by atoms with Gasteiger partial charge in [-0.3, -0.25) is 9.59 Å². The number of nitrogens with one attached hydrogen (secondary N) is 3. The van der Waals surface area contributed by atoms with Gasteiger partial charge in [-0.25, -0.2) is 0 Å². The number of hydrogen-bond acceptors (Lipinski definition) is 4. The Morgan fingerprint density at radius 3 is 2.74 bits per heavy atom. The lowest BCUT2D eigenvalue weighted by molar-refractivity contribution is -0.120. The van der Waals surface area contributed by atoms with Crippen LogP contribution in [0.15, 0.2) is 18.2 Å². The largest absolute Gasteiger partial charge is 0.383 e. The molecule has 2 amide bonds. The van der Waals surface area contributed by atoms with Crippen LogP contribution in [0.3, 0.4) is 0 Å². The van der Waals surface area contributed by atoms with E-state index in [2.05, 4.69) is 16.0 Å². The van der Waals surface area contributed by atoms with Crippen molar-refractivity contribution < 1.29 is 14.3 Å². The van der Waals surface area contributed by atoms with Gasteiger partial charge in [-0.15, -0.1) is 0 Å². The predicted octanol–water partition coefficient (Wildman–Crippen LogP) is 1.65. The standard InChI is InChI=1S/C16H22ClN3O3/c1-23-9-8-19-16(22)13-3-2-12(10-14(13)17)20-15(21)11-4-6-18-7-5-11/h2-3,10-11,18H,4-9H2,1H3,(H,19,22)(H,20,21). The van der Waals surface area contributed by atoms with E-state index < -0.39 is 0 Å². The molecule has 1 aromatic carbocycles. The molecule has 0 spiro atoms. The van der Waals surface area contributed by atoms with Crippen LogP contribution >= 0.6 is 11.6 Å². The third kappa shape index (κ3) is 5.20. The number of piperidine rings is 1. The molecule has 23 heavy (non-hydrogen) atoms. The van der Waals surface area contributed by atoms with E-state index in [-0.39, 0.29) is 17.7 Å². The molecule has 1 fully saturated rings. The zero-order valence-electron chi connectivity index (χ0n) is 13.2. The Bertz CT molecular complexity index is 560. The molecule has 0 radical (unpaired) electrons. The summed E-state index contributed by atoms with van der Waals surface area (Å²) in [6.45, 7) is 2.58. The normalized spacial score (nSPS) is 15.2. The summed E-state index contributed by atoms with van der Waals surface area (Å²) < 4.78 is 4.88. The second kappa shape index (κ2) is 8.86. The Morgan fingerprint density at radius 2 is 2.09 bits per heavy atom. The van der Waals surface area contributed by atoms with Crippen molar-refractivity contribution in [3.63, 3.8) is 0 Å². The number of hydrogen-bond donors (Lipinski definition) is 3. The first-order chi connectivity index (χ1) is 11.1. The number of ether oxygens (including phenoxy) is 1. The zero-order chi connectivity index (χ0) is 16.7. The number of benzene rings is 1. The van der Waals surface area contributed by atoms with E-state index in [9.17, 15) is 9.59 Å². The molecular weight excluding hydrogens is 318 g/mol. The van der Waals surface area contributed by atoms with Crippen LogP contribution in [0.2, 0.25) is 5.02 Å². The first-order valence-electron chi connectivity index (χ1n) is 7.70. The number of carbonyl (C=O) groups is 2. The predicted molar refractivity (Wildman–Crippen MR) is 89.9 cm³/mol. The minimum Gasteiger partial charge on any atom is -0.383 e. The molecule has 0 aliphatic carbocycles. The Kier molecular flexibility index (Phi) is 6.83. The minimum absolute atomic E-state index is 0.000127. The maximum absolute atomic E-state index is 12.2. The van der Waals surface area contributed by atoms with E-state index in [1.165, 1.54) is 0 Å². The maximum atomic E-state index is 12.2. The van der Waals surface area contributed by atoms with Gasteiger partial charge in [0, 0.05) is 25.3 Å². The van der Waals surface area contributed by atoms with E-state index in [0.717, 1.165) is 25.9 Å². The topological polar surface area (TPSA) is 79.5 Å². The van der Waals surface area contributed by atoms with Gasteiger partial charge in [-0.1, -0.05) is 11.6 Å². The number of amides is 2. The summed E-state index contributed by atoms with van der Waals surface area (Å²) in [5, 5.41) is 9.12. The van der Waals surface area contributed by atoms with E-state index in [0.29, 0.717) is 29.4 Å². The summed E-state index contributed by atoms with van der Waals surface area (Å²) in [5.74, 6) is -0.241. The van der Waals surface area contributed by atoms with Crippen LogP contribution < -0.4 is 16.0 Å². The van der Waals surface area contributed by atoms with Gasteiger partial charge in [0.05, 0.1) is 17.2 Å². The van der Waals surface area contributed by atoms with Crippen molar-refractivity contribution in [1.82, 2.24) is 10.6 Å².